The first-order chi connectivity index (χ1) is 12.6. The van der Waals surface area contributed by atoms with Gasteiger partial charge in [-0.25, -0.2) is 0 Å². The van der Waals surface area contributed by atoms with Crippen LogP contribution in [0, 0.1) is 0 Å². The molecule has 134 valence electrons. The second-order valence-electron chi connectivity index (χ2n) is 5.83. The number of para-hydroxylation sites is 2. The van der Waals surface area contributed by atoms with Gasteiger partial charge in [0.2, 0.25) is 5.91 Å². The number of carbonyl (C=O) groups excluding carboxylic acids is 1. The van der Waals surface area contributed by atoms with Crippen LogP contribution in [0.15, 0.2) is 59.0 Å². The number of amides is 1. The predicted molar refractivity (Wildman–Crippen MR) is 101 cm³/mol. The first-order valence-corrected chi connectivity index (χ1v) is 8.30. The smallest absolute Gasteiger partial charge is 0.244 e. The number of hydrogen-bond acceptors (Lipinski definition) is 4. The molecule has 5 nitrogen and oxygen atoms in total. The molecule has 0 fully saturated rings. The molecule has 3 rings (SSSR count). The van der Waals surface area contributed by atoms with Crippen LogP contribution in [0.25, 0.3) is 17.0 Å². The summed E-state index contributed by atoms with van der Waals surface area (Å²) in [5, 5.41) is 3.92. The molecule has 0 aliphatic heterocycles. The van der Waals surface area contributed by atoms with E-state index in [2.05, 4.69) is 5.32 Å². The van der Waals surface area contributed by atoms with Gasteiger partial charge in [0.1, 0.15) is 11.3 Å². The average Bonchev–Trinajstić information content (AvgIpc) is 3.10. The van der Waals surface area contributed by atoms with Crippen LogP contribution >= 0.6 is 0 Å². The fourth-order valence-electron chi connectivity index (χ4n) is 2.76. The van der Waals surface area contributed by atoms with Crippen molar-refractivity contribution in [1.29, 1.82) is 0 Å². The maximum atomic E-state index is 12.3. The summed E-state index contributed by atoms with van der Waals surface area (Å²) >= 11 is 0. The van der Waals surface area contributed by atoms with Crippen LogP contribution in [0.4, 0.5) is 0 Å². The van der Waals surface area contributed by atoms with Crippen molar-refractivity contribution in [3.05, 3.63) is 65.9 Å². The minimum Gasteiger partial charge on any atom is -0.493 e. The molecule has 0 saturated heterocycles. The van der Waals surface area contributed by atoms with E-state index in [9.17, 15) is 4.79 Å². The van der Waals surface area contributed by atoms with Gasteiger partial charge >= 0.3 is 0 Å². The summed E-state index contributed by atoms with van der Waals surface area (Å²) < 4.78 is 16.4. The molecule has 0 spiro atoms. The number of carbonyl (C=O) groups is 1. The van der Waals surface area contributed by atoms with Crippen LogP contribution in [0.1, 0.15) is 24.3 Å². The Bertz CT molecular complexity index is 909. The third kappa shape index (κ3) is 3.72. The first kappa shape index (κ1) is 17.6. The van der Waals surface area contributed by atoms with Gasteiger partial charge in [-0.15, -0.1) is 0 Å². The minimum atomic E-state index is -0.244. The Labute approximate surface area is 152 Å². The van der Waals surface area contributed by atoms with Crippen molar-refractivity contribution in [1.82, 2.24) is 5.32 Å². The third-order valence-electron chi connectivity index (χ3n) is 4.08. The number of rotatable bonds is 6. The Morgan fingerprint density at radius 2 is 1.92 bits per heavy atom. The van der Waals surface area contributed by atoms with E-state index in [1.807, 2.05) is 49.4 Å². The van der Waals surface area contributed by atoms with Crippen molar-refractivity contribution in [3.63, 3.8) is 0 Å². The Hall–Kier alpha value is -3.21. The first-order valence-electron chi connectivity index (χ1n) is 8.30. The number of hydrogen-bond donors (Lipinski definition) is 1. The van der Waals surface area contributed by atoms with Crippen molar-refractivity contribution >= 4 is 23.0 Å². The largest absolute Gasteiger partial charge is 0.493 e. The molecule has 0 aliphatic rings. The Balaban J connectivity index is 1.71. The number of methoxy groups -OCH3 is 2. The van der Waals surface area contributed by atoms with Crippen molar-refractivity contribution in [2.24, 2.45) is 0 Å². The lowest BCUT2D eigenvalue weighted by Crippen LogP contribution is -2.24. The minimum absolute atomic E-state index is 0.220. The molecule has 1 aromatic heterocycles. The molecule has 5 heteroatoms. The molecule has 0 saturated carbocycles. The summed E-state index contributed by atoms with van der Waals surface area (Å²) in [5.41, 5.74) is 1.57. The van der Waals surface area contributed by atoms with Gasteiger partial charge < -0.3 is 19.2 Å². The maximum Gasteiger partial charge on any atom is 0.244 e. The van der Waals surface area contributed by atoms with Gasteiger partial charge in [0.25, 0.3) is 0 Å². The topological polar surface area (TPSA) is 60.7 Å². The van der Waals surface area contributed by atoms with E-state index in [0.29, 0.717) is 17.3 Å². The van der Waals surface area contributed by atoms with Crippen molar-refractivity contribution in [2.75, 3.05) is 14.2 Å². The number of nitrogens with one attached hydrogen (secondary N) is 1. The molecule has 3 aromatic rings. The molecule has 1 heterocycles. The lowest BCUT2D eigenvalue weighted by atomic mass is 10.1. The Kier molecular flexibility index (Phi) is 5.27. The molecule has 0 unspecified atom stereocenters. The zero-order chi connectivity index (χ0) is 18.5. The van der Waals surface area contributed by atoms with Gasteiger partial charge in [-0.2, -0.15) is 0 Å². The van der Waals surface area contributed by atoms with E-state index in [-0.39, 0.29) is 11.9 Å². The highest BCUT2D eigenvalue weighted by atomic mass is 16.5. The normalized spacial score (nSPS) is 12.3. The van der Waals surface area contributed by atoms with Gasteiger partial charge in [0.05, 0.1) is 20.3 Å². The van der Waals surface area contributed by atoms with E-state index in [4.69, 9.17) is 13.9 Å². The van der Waals surface area contributed by atoms with E-state index in [1.165, 1.54) is 6.08 Å². The van der Waals surface area contributed by atoms with Gasteiger partial charge in [0.15, 0.2) is 11.5 Å². The van der Waals surface area contributed by atoms with Gasteiger partial charge in [-0.1, -0.05) is 30.3 Å². The molecular weight excluding hydrogens is 330 g/mol. The Morgan fingerprint density at radius 1 is 1.12 bits per heavy atom. The number of ether oxygens (including phenoxy) is 2. The van der Waals surface area contributed by atoms with E-state index in [0.717, 1.165) is 16.5 Å². The zero-order valence-corrected chi connectivity index (χ0v) is 15.0. The molecule has 1 atom stereocenters. The number of benzene rings is 2. The molecule has 0 bridgehead atoms. The highest BCUT2D eigenvalue weighted by Gasteiger charge is 2.13. The summed E-state index contributed by atoms with van der Waals surface area (Å²) in [6.07, 6.45) is 3.17. The van der Waals surface area contributed by atoms with Gasteiger partial charge in [-0.3, -0.25) is 4.79 Å². The fourth-order valence-corrected chi connectivity index (χ4v) is 2.76. The summed E-state index contributed by atoms with van der Waals surface area (Å²) in [6, 6.07) is 15.0. The molecule has 1 amide bonds. The molecular formula is C21H21NO4. The quantitative estimate of drug-likeness (QED) is 0.671. The Morgan fingerprint density at radius 3 is 2.65 bits per heavy atom. The third-order valence-corrected chi connectivity index (χ3v) is 4.08. The zero-order valence-electron chi connectivity index (χ0n) is 15.0. The van der Waals surface area contributed by atoms with Crippen LogP contribution in [0.5, 0.6) is 11.5 Å². The van der Waals surface area contributed by atoms with Crippen LogP contribution in [-0.2, 0) is 4.79 Å². The van der Waals surface area contributed by atoms with Crippen LogP contribution < -0.4 is 14.8 Å². The van der Waals surface area contributed by atoms with Crippen LogP contribution in [-0.4, -0.2) is 20.1 Å². The van der Waals surface area contributed by atoms with Gasteiger partial charge in [0, 0.05) is 17.0 Å². The summed E-state index contributed by atoms with van der Waals surface area (Å²) in [7, 11) is 3.14. The van der Waals surface area contributed by atoms with E-state index >= 15 is 0 Å². The second-order valence-corrected chi connectivity index (χ2v) is 5.83. The van der Waals surface area contributed by atoms with Crippen molar-refractivity contribution < 1.29 is 18.7 Å². The summed E-state index contributed by atoms with van der Waals surface area (Å²) in [4.78, 5) is 12.3. The average molecular weight is 351 g/mol. The number of furan rings is 1. The summed E-state index contributed by atoms with van der Waals surface area (Å²) in [5.74, 6) is 1.70. The standard InChI is InChI=1S/C21H21NO4/c1-14(19-13-16-7-4-5-9-17(16)26-19)22-20(23)12-11-15-8-6-10-18(24-2)21(15)25-3/h4-14H,1-3H3,(H,22,23)/b12-11+/t14-/m1/s1. The van der Waals surface area contributed by atoms with Crippen molar-refractivity contribution in [3.8, 4) is 11.5 Å². The molecule has 1 N–H and O–H groups in total. The lowest BCUT2D eigenvalue weighted by Gasteiger charge is -2.11. The molecule has 26 heavy (non-hydrogen) atoms. The van der Waals surface area contributed by atoms with E-state index in [1.54, 1.807) is 26.4 Å². The second kappa shape index (κ2) is 7.78. The van der Waals surface area contributed by atoms with Crippen LogP contribution in [0.3, 0.4) is 0 Å². The molecule has 2 aromatic carbocycles. The molecule has 0 radical (unpaired) electrons. The highest BCUT2D eigenvalue weighted by Crippen LogP contribution is 2.31. The maximum absolute atomic E-state index is 12.3. The van der Waals surface area contributed by atoms with Gasteiger partial charge in [-0.05, 0) is 31.2 Å². The SMILES string of the molecule is COc1cccc(/C=C/C(=O)N[C@H](C)c2cc3ccccc3o2)c1OC. The monoisotopic (exact) mass is 351 g/mol. The fraction of sp³-hybridized carbons (Fsp3) is 0.190. The highest BCUT2D eigenvalue weighted by molar-refractivity contribution is 5.92. The van der Waals surface area contributed by atoms with Crippen molar-refractivity contribution in [2.45, 2.75) is 13.0 Å². The summed E-state index contributed by atoms with van der Waals surface area (Å²) in [6.45, 7) is 1.88. The molecule has 0 aliphatic carbocycles. The number of fused-ring (bicyclic) bond motifs is 1. The van der Waals surface area contributed by atoms with Crippen LogP contribution in [0.2, 0.25) is 0 Å². The lowest BCUT2D eigenvalue weighted by molar-refractivity contribution is -0.117. The van der Waals surface area contributed by atoms with E-state index < -0.39 is 0 Å². The predicted octanol–water partition coefficient (Wildman–Crippen LogP) is 4.34.